The van der Waals surface area contributed by atoms with E-state index in [1.54, 1.807) is 9.13 Å². The van der Waals surface area contributed by atoms with Crippen LogP contribution in [0.2, 0.25) is 0 Å². The Morgan fingerprint density at radius 2 is 0.776 bits per heavy atom. The number of nitrogens with zero attached hydrogens (tertiary/aromatic N) is 4. The Morgan fingerprint density at radius 3 is 1.40 bits per heavy atom. The first-order chi connectivity index (χ1) is 28.5. The van der Waals surface area contributed by atoms with Crippen molar-refractivity contribution in [1.82, 2.24) is 19.1 Å². The monoisotopic (exact) mass is 746 g/mol. The minimum atomic E-state index is -0.0198. The Morgan fingerprint density at radius 1 is 0.345 bits per heavy atom. The van der Waals surface area contributed by atoms with Crippen molar-refractivity contribution in [3.8, 4) is 78.4 Å². The zero-order chi connectivity index (χ0) is 39.2. The molecule has 0 saturated heterocycles. The van der Waals surface area contributed by atoms with Gasteiger partial charge in [-0.05, 0) is 73.5 Å². The van der Waals surface area contributed by atoms with Crippen LogP contribution in [0.5, 0.6) is 0 Å². The summed E-state index contributed by atoms with van der Waals surface area (Å²) in [4.78, 5) is 22.7. The van der Waals surface area contributed by atoms with Crippen molar-refractivity contribution in [2.45, 2.75) is 0 Å². The second kappa shape index (κ2) is 14.5. The van der Waals surface area contributed by atoms with Crippen molar-refractivity contribution in [2.75, 3.05) is 0 Å². The van der Waals surface area contributed by atoms with Crippen molar-refractivity contribution < 1.29 is 0 Å². The van der Waals surface area contributed by atoms with Crippen LogP contribution in [0.1, 0.15) is 0 Å². The molecule has 0 radical (unpaired) electrons. The fourth-order valence-corrected chi connectivity index (χ4v) is 8.07. The van der Waals surface area contributed by atoms with Crippen molar-refractivity contribution in [1.29, 1.82) is 0 Å². The third-order valence-corrected chi connectivity index (χ3v) is 11.3. The van der Waals surface area contributed by atoms with Gasteiger partial charge < -0.3 is 0 Å². The molecule has 5 heteroatoms. The first-order valence-electron chi connectivity index (χ1n) is 19.5. The van der Waals surface area contributed by atoms with E-state index in [1.807, 2.05) is 44.4 Å². The van der Waals surface area contributed by atoms with E-state index >= 15 is 0 Å². The summed E-state index contributed by atoms with van der Waals surface area (Å²) < 4.78 is 3.39. The summed E-state index contributed by atoms with van der Waals surface area (Å²) in [5.41, 5.74) is 15.8. The van der Waals surface area contributed by atoms with Crippen molar-refractivity contribution in [3.05, 3.63) is 205 Å². The number of benzene rings is 8. The lowest BCUT2D eigenvalue weighted by atomic mass is 9.92. The second-order valence-electron chi connectivity index (χ2n) is 14.7. The van der Waals surface area contributed by atoms with Crippen LogP contribution < -0.4 is 5.69 Å². The predicted octanol–water partition coefficient (Wildman–Crippen LogP) is 12.5. The van der Waals surface area contributed by atoms with Gasteiger partial charge in [-0.3, -0.25) is 9.13 Å². The molecule has 10 aromatic rings. The molecule has 0 saturated carbocycles. The molecule has 0 atom stereocenters. The van der Waals surface area contributed by atoms with Gasteiger partial charge in [0.1, 0.15) is 0 Å². The van der Waals surface area contributed by atoms with E-state index < -0.39 is 0 Å². The molecular weight excluding hydrogens is 709 g/mol. The Bertz CT molecular complexity index is 3160. The van der Waals surface area contributed by atoms with Crippen LogP contribution in [-0.2, 0) is 14.1 Å². The summed E-state index contributed by atoms with van der Waals surface area (Å²) in [7, 11) is 3.63. The van der Waals surface area contributed by atoms with E-state index in [0.717, 1.165) is 72.3 Å². The zero-order valence-electron chi connectivity index (χ0n) is 32.2. The van der Waals surface area contributed by atoms with Crippen LogP contribution in [0, 0.1) is 0 Å². The van der Waals surface area contributed by atoms with Crippen LogP contribution in [-0.4, -0.2) is 19.1 Å². The minimum absolute atomic E-state index is 0.0198. The Kier molecular flexibility index (Phi) is 8.68. The molecular formula is C53H38N4O. The fraction of sp³-hybridized carbons (Fsp3) is 0.0377. The summed E-state index contributed by atoms with van der Waals surface area (Å²) >= 11 is 0. The molecule has 0 aliphatic rings. The maximum absolute atomic E-state index is 12.5. The van der Waals surface area contributed by atoms with Gasteiger partial charge in [0.2, 0.25) is 0 Å². The number of hydrogen-bond acceptors (Lipinski definition) is 3. The van der Waals surface area contributed by atoms with E-state index in [2.05, 4.69) is 164 Å². The minimum Gasteiger partial charge on any atom is -0.295 e. The van der Waals surface area contributed by atoms with Crippen LogP contribution >= 0.6 is 0 Å². The average molecular weight is 747 g/mol. The molecule has 0 unspecified atom stereocenters. The highest BCUT2D eigenvalue weighted by Gasteiger charge is 2.16. The molecule has 10 rings (SSSR count). The van der Waals surface area contributed by atoms with E-state index in [-0.39, 0.29) is 5.69 Å². The smallest absolute Gasteiger partial charge is 0.295 e. The van der Waals surface area contributed by atoms with Crippen molar-refractivity contribution >= 4 is 21.8 Å². The summed E-state index contributed by atoms with van der Waals surface area (Å²) in [5, 5.41) is 2.30. The first kappa shape index (κ1) is 34.8. The van der Waals surface area contributed by atoms with E-state index in [1.165, 1.54) is 22.1 Å². The van der Waals surface area contributed by atoms with E-state index in [4.69, 9.17) is 9.97 Å². The number of aryl methyl sites for hydroxylation is 2. The second-order valence-corrected chi connectivity index (χ2v) is 14.7. The van der Waals surface area contributed by atoms with E-state index in [9.17, 15) is 4.79 Å². The molecule has 0 bridgehead atoms. The van der Waals surface area contributed by atoms with Gasteiger partial charge in [-0.1, -0.05) is 176 Å². The van der Waals surface area contributed by atoms with Crippen molar-refractivity contribution in [2.24, 2.45) is 14.1 Å². The molecule has 8 aromatic carbocycles. The molecule has 0 amide bonds. The van der Waals surface area contributed by atoms with E-state index in [0.29, 0.717) is 5.82 Å². The van der Waals surface area contributed by atoms with Gasteiger partial charge in [-0.25, -0.2) is 14.8 Å². The SMILES string of the molecule is Cn1c(=O)n(C)c2cc(-c3ccc(-c4ccc(-c5ccc(-c6cc(-c7ccc(-c8ccccc8)cc7)nc(-c7ccccc7)n6)c6ccccc56)cc4)cc3)ccc21. The molecule has 58 heavy (non-hydrogen) atoms. The van der Waals surface area contributed by atoms with Gasteiger partial charge >= 0.3 is 5.69 Å². The molecule has 0 N–H and O–H groups in total. The van der Waals surface area contributed by atoms with Gasteiger partial charge in [-0.2, -0.15) is 0 Å². The molecule has 5 nitrogen and oxygen atoms in total. The topological polar surface area (TPSA) is 52.7 Å². The van der Waals surface area contributed by atoms with Crippen LogP contribution in [0.25, 0.3) is 100 Å². The fourth-order valence-electron chi connectivity index (χ4n) is 8.07. The summed E-state index contributed by atoms with van der Waals surface area (Å²) in [6, 6.07) is 68.1. The lowest BCUT2D eigenvalue weighted by Gasteiger charge is -2.14. The number of aromatic nitrogens is 4. The number of hydrogen-bond donors (Lipinski definition) is 0. The summed E-state index contributed by atoms with van der Waals surface area (Å²) in [5.74, 6) is 0.696. The first-order valence-corrected chi connectivity index (χ1v) is 19.5. The largest absolute Gasteiger partial charge is 0.328 e. The van der Waals surface area contributed by atoms with Gasteiger partial charge in [0, 0.05) is 30.8 Å². The van der Waals surface area contributed by atoms with Gasteiger partial charge in [0.05, 0.1) is 22.4 Å². The highest BCUT2D eigenvalue weighted by atomic mass is 16.1. The highest BCUT2D eigenvalue weighted by molar-refractivity contribution is 6.05. The van der Waals surface area contributed by atoms with Crippen LogP contribution in [0.4, 0.5) is 0 Å². The Balaban J connectivity index is 0.981. The summed E-state index contributed by atoms with van der Waals surface area (Å²) in [6.45, 7) is 0. The molecule has 2 aromatic heterocycles. The third-order valence-electron chi connectivity index (χ3n) is 11.3. The molecule has 0 spiro atoms. The van der Waals surface area contributed by atoms with Crippen LogP contribution in [0.3, 0.4) is 0 Å². The number of rotatable bonds is 7. The number of imidazole rings is 1. The lowest BCUT2D eigenvalue weighted by Crippen LogP contribution is -2.19. The normalized spacial score (nSPS) is 11.3. The molecule has 0 aliphatic carbocycles. The molecule has 0 fully saturated rings. The van der Waals surface area contributed by atoms with Crippen LogP contribution in [0.15, 0.2) is 199 Å². The van der Waals surface area contributed by atoms with Gasteiger partial charge in [0.25, 0.3) is 0 Å². The lowest BCUT2D eigenvalue weighted by molar-refractivity contribution is 0.795. The molecule has 276 valence electrons. The number of fused-ring (bicyclic) bond motifs is 2. The Labute approximate surface area is 336 Å². The maximum atomic E-state index is 12.5. The average Bonchev–Trinajstić information content (AvgIpc) is 3.52. The predicted molar refractivity (Wildman–Crippen MR) is 239 cm³/mol. The summed E-state index contributed by atoms with van der Waals surface area (Å²) in [6.07, 6.45) is 0. The molecule has 0 aliphatic heterocycles. The van der Waals surface area contributed by atoms with Crippen molar-refractivity contribution in [3.63, 3.8) is 0 Å². The standard InChI is InChI=1S/C53H38N4O/c1-56-50-32-29-43(33-51(50)57(2)53(56)58)39-19-17-37(18-20-39)38-21-25-40(26-22-38)44-30-31-47(46-16-10-9-15-45(44)46)49-34-48(54-52(55-49)42-13-7-4-8-14-42)41-27-23-36(24-28-41)35-11-5-3-6-12-35/h3-34H,1-2H3. The third kappa shape index (κ3) is 6.29. The molecule has 2 heterocycles. The zero-order valence-corrected chi connectivity index (χ0v) is 32.2. The highest BCUT2D eigenvalue weighted by Crippen LogP contribution is 2.38. The van der Waals surface area contributed by atoms with Gasteiger partial charge in [0.15, 0.2) is 5.82 Å². The quantitative estimate of drug-likeness (QED) is 0.163. The maximum Gasteiger partial charge on any atom is 0.328 e. The van der Waals surface area contributed by atoms with Gasteiger partial charge in [-0.15, -0.1) is 0 Å². The Hall–Kier alpha value is -7.63.